The summed E-state index contributed by atoms with van der Waals surface area (Å²) >= 11 is 0. The van der Waals surface area contributed by atoms with E-state index in [4.69, 9.17) is 0 Å². The predicted molar refractivity (Wildman–Crippen MR) is 85.2 cm³/mol. The molecule has 0 aromatic heterocycles. The molecule has 0 heteroatoms. The van der Waals surface area contributed by atoms with Gasteiger partial charge >= 0.3 is 0 Å². The number of hydrogen-bond acceptors (Lipinski definition) is 0. The van der Waals surface area contributed by atoms with Gasteiger partial charge in [0.25, 0.3) is 0 Å². The Morgan fingerprint density at radius 2 is 1.89 bits per heavy atom. The van der Waals surface area contributed by atoms with E-state index in [-0.39, 0.29) is 0 Å². The van der Waals surface area contributed by atoms with E-state index in [9.17, 15) is 0 Å². The molecule has 0 nitrogen and oxygen atoms in total. The van der Waals surface area contributed by atoms with E-state index in [1.54, 1.807) is 0 Å². The van der Waals surface area contributed by atoms with Crippen LogP contribution in [-0.2, 0) is 0 Å². The van der Waals surface area contributed by atoms with Crippen LogP contribution in [0.2, 0.25) is 0 Å². The zero-order valence-electron chi connectivity index (χ0n) is 13.5. The molecule has 0 amide bonds. The summed E-state index contributed by atoms with van der Waals surface area (Å²) in [4.78, 5) is 0. The largest absolute Gasteiger partial charge is 0.103 e. The Bertz CT molecular complexity index is 284. The van der Waals surface area contributed by atoms with Gasteiger partial charge in [0.2, 0.25) is 0 Å². The van der Waals surface area contributed by atoms with E-state index in [1.165, 1.54) is 57.8 Å². The van der Waals surface area contributed by atoms with Crippen LogP contribution in [-0.4, -0.2) is 0 Å². The Kier molecular flexibility index (Phi) is 5.15. The maximum Gasteiger partial charge on any atom is -0.0179 e. The summed E-state index contributed by atoms with van der Waals surface area (Å²) in [6, 6.07) is 0. The molecular weight excluding hydrogens is 228 g/mol. The second-order valence-electron chi connectivity index (χ2n) is 7.46. The molecule has 3 atom stereocenters. The van der Waals surface area contributed by atoms with Gasteiger partial charge in [-0.15, -0.1) is 6.58 Å². The van der Waals surface area contributed by atoms with Crippen LogP contribution in [0.5, 0.6) is 0 Å². The lowest BCUT2D eigenvalue weighted by molar-refractivity contribution is 0.225. The van der Waals surface area contributed by atoms with Crippen LogP contribution in [0.1, 0.15) is 78.6 Å². The summed E-state index contributed by atoms with van der Waals surface area (Å²) in [5.41, 5.74) is 0.661. The van der Waals surface area contributed by atoms with Crippen LogP contribution in [0.4, 0.5) is 0 Å². The first kappa shape index (κ1) is 15.1. The summed E-state index contributed by atoms with van der Waals surface area (Å²) < 4.78 is 0. The van der Waals surface area contributed by atoms with Gasteiger partial charge in [-0.05, 0) is 54.8 Å². The Hall–Kier alpha value is -0.260. The van der Waals surface area contributed by atoms with E-state index < -0.39 is 0 Å². The van der Waals surface area contributed by atoms with Gasteiger partial charge in [-0.1, -0.05) is 59.0 Å². The van der Waals surface area contributed by atoms with Crippen molar-refractivity contribution < 1.29 is 0 Å². The van der Waals surface area contributed by atoms with Crippen LogP contribution in [0.3, 0.4) is 0 Å². The predicted octanol–water partition coefficient (Wildman–Crippen LogP) is 6.22. The third-order valence-corrected chi connectivity index (χ3v) is 6.39. The Morgan fingerprint density at radius 3 is 2.37 bits per heavy atom. The van der Waals surface area contributed by atoms with Gasteiger partial charge in [0.15, 0.2) is 0 Å². The SMILES string of the molecule is C=CC(CC)C1(CCC2CCC(C)CC2)CC1CC. The van der Waals surface area contributed by atoms with Gasteiger partial charge in [-0.3, -0.25) is 0 Å². The third-order valence-electron chi connectivity index (χ3n) is 6.39. The normalized spacial score (nSPS) is 39.8. The first-order valence-electron chi connectivity index (χ1n) is 8.78. The molecule has 0 radical (unpaired) electrons. The van der Waals surface area contributed by atoms with E-state index in [2.05, 4.69) is 33.4 Å². The molecule has 2 saturated carbocycles. The van der Waals surface area contributed by atoms with Crippen molar-refractivity contribution in [2.75, 3.05) is 0 Å². The third kappa shape index (κ3) is 3.26. The fourth-order valence-corrected chi connectivity index (χ4v) is 4.79. The molecule has 0 N–H and O–H groups in total. The molecule has 2 fully saturated rings. The van der Waals surface area contributed by atoms with Crippen LogP contribution < -0.4 is 0 Å². The average molecular weight is 262 g/mol. The van der Waals surface area contributed by atoms with Crippen LogP contribution in [0.25, 0.3) is 0 Å². The van der Waals surface area contributed by atoms with Crippen LogP contribution in [0.15, 0.2) is 12.7 Å². The van der Waals surface area contributed by atoms with Crippen molar-refractivity contribution in [2.24, 2.45) is 29.1 Å². The van der Waals surface area contributed by atoms with Crippen molar-refractivity contribution in [3.8, 4) is 0 Å². The molecule has 0 saturated heterocycles. The molecule has 0 heterocycles. The van der Waals surface area contributed by atoms with Crippen LogP contribution >= 0.6 is 0 Å². The molecule has 0 aromatic rings. The zero-order valence-corrected chi connectivity index (χ0v) is 13.5. The molecule has 2 rings (SSSR count). The smallest absolute Gasteiger partial charge is 0.0179 e. The Morgan fingerprint density at radius 1 is 1.21 bits per heavy atom. The first-order valence-corrected chi connectivity index (χ1v) is 8.78. The van der Waals surface area contributed by atoms with Crippen molar-refractivity contribution >= 4 is 0 Å². The van der Waals surface area contributed by atoms with Crippen molar-refractivity contribution in [1.29, 1.82) is 0 Å². The maximum absolute atomic E-state index is 4.11. The van der Waals surface area contributed by atoms with Gasteiger partial charge in [0.05, 0.1) is 0 Å². The second kappa shape index (κ2) is 6.46. The van der Waals surface area contributed by atoms with Crippen LogP contribution in [0, 0.1) is 29.1 Å². The molecule has 3 unspecified atom stereocenters. The lowest BCUT2D eigenvalue weighted by Crippen LogP contribution is -2.19. The minimum atomic E-state index is 0.661. The number of hydrogen-bond donors (Lipinski definition) is 0. The lowest BCUT2D eigenvalue weighted by atomic mass is 9.75. The molecule has 2 aliphatic carbocycles. The Labute approximate surface area is 121 Å². The lowest BCUT2D eigenvalue weighted by Gasteiger charge is -2.30. The van der Waals surface area contributed by atoms with Gasteiger partial charge in [0.1, 0.15) is 0 Å². The standard InChI is InChI=1S/C19H34/c1-5-17(6-2)19(14-18(19)7-3)13-12-16-10-8-15(4)9-11-16/h5,15-18H,1,6-14H2,2-4H3. The molecule has 0 spiro atoms. The summed E-state index contributed by atoms with van der Waals surface area (Å²) in [6.45, 7) is 11.3. The summed E-state index contributed by atoms with van der Waals surface area (Å²) in [7, 11) is 0. The second-order valence-corrected chi connectivity index (χ2v) is 7.46. The highest BCUT2D eigenvalue weighted by molar-refractivity contribution is 5.09. The fraction of sp³-hybridized carbons (Fsp3) is 0.895. The van der Waals surface area contributed by atoms with Gasteiger partial charge in [0, 0.05) is 0 Å². The molecule has 2 aliphatic rings. The molecule has 19 heavy (non-hydrogen) atoms. The van der Waals surface area contributed by atoms with Gasteiger partial charge in [-0.25, -0.2) is 0 Å². The first-order chi connectivity index (χ1) is 9.16. The van der Waals surface area contributed by atoms with Crippen molar-refractivity contribution in [1.82, 2.24) is 0 Å². The Balaban J connectivity index is 1.86. The van der Waals surface area contributed by atoms with Crippen molar-refractivity contribution in [2.45, 2.75) is 78.6 Å². The number of allylic oxidation sites excluding steroid dienone is 1. The van der Waals surface area contributed by atoms with E-state index in [0.29, 0.717) is 5.41 Å². The molecule has 0 bridgehead atoms. The fourth-order valence-electron chi connectivity index (χ4n) is 4.79. The molecular formula is C19H34. The summed E-state index contributed by atoms with van der Waals surface area (Å²) in [5, 5.41) is 0. The zero-order chi connectivity index (χ0) is 13.9. The quantitative estimate of drug-likeness (QED) is 0.478. The minimum absolute atomic E-state index is 0.661. The van der Waals surface area contributed by atoms with Gasteiger partial charge in [-0.2, -0.15) is 0 Å². The molecule has 110 valence electrons. The summed E-state index contributed by atoms with van der Waals surface area (Å²) in [5.74, 6) is 3.80. The average Bonchev–Trinajstić information content (AvgIpc) is 3.14. The highest BCUT2D eigenvalue weighted by atomic mass is 14.6. The minimum Gasteiger partial charge on any atom is -0.103 e. The summed E-state index contributed by atoms with van der Waals surface area (Å²) in [6.07, 6.45) is 15.4. The van der Waals surface area contributed by atoms with E-state index in [0.717, 1.165) is 23.7 Å². The monoisotopic (exact) mass is 262 g/mol. The van der Waals surface area contributed by atoms with E-state index >= 15 is 0 Å². The van der Waals surface area contributed by atoms with E-state index in [1.807, 2.05) is 0 Å². The topological polar surface area (TPSA) is 0 Å². The van der Waals surface area contributed by atoms with Crippen molar-refractivity contribution in [3.63, 3.8) is 0 Å². The van der Waals surface area contributed by atoms with Gasteiger partial charge < -0.3 is 0 Å². The van der Waals surface area contributed by atoms with Crippen molar-refractivity contribution in [3.05, 3.63) is 12.7 Å². The molecule has 0 aliphatic heterocycles. The maximum atomic E-state index is 4.11. The highest BCUT2D eigenvalue weighted by Gasteiger charge is 2.55. The highest BCUT2D eigenvalue weighted by Crippen LogP contribution is 2.64. The number of rotatable bonds is 7. The molecule has 0 aromatic carbocycles.